The summed E-state index contributed by atoms with van der Waals surface area (Å²) in [6, 6.07) is 13.7. The van der Waals surface area contributed by atoms with Gasteiger partial charge in [-0.05, 0) is 81.5 Å². The lowest BCUT2D eigenvalue weighted by Gasteiger charge is -2.33. The van der Waals surface area contributed by atoms with E-state index in [1.54, 1.807) is 21.9 Å². The second-order valence-corrected chi connectivity index (χ2v) is 15.5. The molecule has 1 heterocycles. The van der Waals surface area contributed by atoms with E-state index in [0.717, 1.165) is 6.42 Å². The first kappa shape index (κ1) is 17.7. The zero-order chi connectivity index (χ0) is 18.9. The summed E-state index contributed by atoms with van der Waals surface area (Å²) < 4.78 is 2.65. The van der Waals surface area contributed by atoms with Crippen LogP contribution < -0.4 is 0 Å². The number of hydrogen-bond donors (Lipinski definition) is 0. The van der Waals surface area contributed by atoms with Crippen molar-refractivity contribution in [2.24, 2.45) is 0 Å². The van der Waals surface area contributed by atoms with E-state index in [1.165, 1.54) is 30.6 Å². The smallest absolute Gasteiger partial charge is 0.0927 e. The van der Waals surface area contributed by atoms with Crippen molar-refractivity contribution in [3.8, 4) is 0 Å². The van der Waals surface area contributed by atoms with Gasteiger partial charge in [-0.1, -0.05) is 60.3 Å². The average Bonchev–Trinajstić information content (AvgIpc) is 3.29. The van der Waals surface area contributed by atoms with Crippen molar-refractivity contribution in [1.29, 1.82) is 0 Å². The maximum atomic E-state index is 3.69. The van der Waals surface area contributed by atoms with Crippen LogP contribution in [-0.4, -0.2) is 8.07 Å². The van der Waals surface area contributed by atoms with Crippen LogP contribution >= 0.6 is 27.3 Å². The average molecular weight is 452 g/mol. The molecule has 0 amide bonds. The Hall–Kier alpha value is -1.42. The first-order valence-corrected chi connectivity index (χ1v) is 14.3. The van der Waals surface area contributed by atoms with Gasteiger partial charge in [0, 0.05) is 10.2 Å². The number of thiophene rings is 1. The number of hydrogen-bond acceptors (Lipinski definition) is 1. The van der Waals surface area contributed by atoms with Crippen molar-refractivity contribution in [3.63, 3.8) is 0 Å². The number of benzene rings is 2. The topological polar surface area (TPSA) is 0 Å². The zero-order valence-corrected chi connectivity index (χ0v) is 19.6. The Morgan fingerprint density at radius 2 is 1.89 bits per heavy atom. The van der Waals surface area contributed by atoms with Gasteiger partial charge in [-0.3, -0.25) is 0 Å². The van der Waals surface area contributed by atoms with Crippen molar-refractivity contribution >= 4 is 56.7 Å². The summed E-state index contributed by atoms with van der Waals surface area (Å²) >= 11 is 5.55. The van der Waals surface area contributed by atoms with Gasteiger partial charge in [0.2, 0.25) is 0 Å². The van der Waals surface area contributed by atoms with Gasteiger partial charge in [-0.15, -0.1) is 11.3 Å². The van der Waals surface area contributed by atoms with Gasteiger partial charge in [-0.2, -0.15) is 0 Å². The highest BCUT2D eigenvalue weighted by atomic mass is 79.9. The minimum absolute atomic E-state index is 0.565. The summed E-state index contributed by atoms with van der Waals surface area (Å²) in [4.78, 5) is 0. The van der Waals surface area contributed by atoms with E-state index in [-0.39, 0.29) is 0 Å². The predicted octanol–water partition coefficient (Wildman–Crippen LogP) is 7.90. The van der Waals surface area contributed by atoms with Crippen LogP contribution in [0.4, 0.5) is 0 Å². The fourth-order valence-corrected chi connectivity index (χ4v) is 11.0. The molecule has 0 aliphatic heterocycles. The fourth-order valence-electron chi connectivity index (χ4n) is 5.32. The van der Waals surface area contributed by atoms with Gasteiger partial charge in [0.05, 0.1) is 11.9 Å². The van der Waals surface area contributed by atoms with Gasteiger partial charge in [0.1, 0.15) is 0 Å². The van der Waals surface area contributed by atoms with Crippen LogP contribution in [0.5, 0.6) is 0 Å². The molecule has 1 aromatic heterocycles. The number of aryl methyl sites for hydroxylation is 1. The van der Waals surface area contributed by atoms with Gasteiger partial charge >= 0.3 is 0 Å². The molecule has 1 atom stereocenters. The minimum Gasteiger partial charge on any atom is -0.128 e. The molecule has 2 aromatic carbocycles. The number of rotatable bonds is 2. The van der Waals surface area contributed by atoms with Crippen LogP contribution in [0.15, 0.2) is 51.8 Å². The molecule has 27 heavy (non-hydrogen) atoms. The highest BCUT2D eigenvalue weighted by Gasteiger charge is 2.41. The highest BCUT2D eigenvalue weighted by Crippen LogP contribution is 2.50. The Morgan fingerprint density at radius 1 is 1.11 bits per heavy atom. The lowest BCUT2D eigenvalue weighted by Crippen LogP contribution is -2.35. The van der Waals surface area contributed by atoms with E-state index in [0.29, 0.717) is 5.54 Å². The van der Waals surface area contributed by atoms with E-state index >= 15 is 0 Å². The molecule has 0 bridgehead atoms. The van der Waals surface area contributed by atoms with Crippen molar-refractivity contribution in [2.75, 3.05) is 0 Å². The second-order valence-electron chi connectivity index (χ2n) is 8.51. The molecule has 0 N–H and O–H groups in total. The molecule has 2 aliphatic rings. The van der Waals surface area contributed by atoms with E-state index < -0.39 is 8.07 Å². The molecule has 0 spiro atoms. The largest absolute Gasteiger partial charge is 0.128 e. The molecule has 3 heteroatoms. The fraction of sp³-hybridized carbons (Fsp3) is 0.250. The quantitative estimate of drug-likeness (QED) is 0.348. The Morgan fingerprint density at radius 3 is 2.70 bits per heavy atom. The van der Waals surface area contributed by atoms with E-state index in [2.05, 4.69) is 91.4 Å². The summed E-state index contributed by atoms with van der Waals surface area (Å²) in [5.74, 6) is 0. The monoisotopic (exact) mass is 450 g/mol. The number of halogens is 1. The van der Waals surface area contributed by atoms with Crippen LogP contribution in [0.1, 0.15) is 40.3 Å². The molecule has 0 saturated heterocycles. The molecule has 0 fully saturated rings. The normalized spacial score (nSPS) is 18.5. The summed E-state index contributed by atoms with van der Waals surface area (Å²) in [6.45, 7) is 9.83. The lowest BCUT2D eigenvalue weighted by atomic mass is 10.00. The highest BCUT2D eigenvalue weighted by molar-refractivity contribution is 9.11. The van der Waals surface area contributed by atoms with E-state index in [1.807, 2.05) is 11.3 Å². The van der Waals surface area contributed by atoms with Gasteiger partial charge in [0.25, 0.3) is 0 Å². The van der Waals surface area contributed by atoms with Crippen LogP contribution in [0.25, 0.3) is 21.4 Å². The van der Waals surface area contributed by atoms with E-state index in [9.17, 15) is 0 Å². The summed E-state index contributed by atoms with van der Waals surface area (Å²) in [5.41, 5.74) is 9.69. The maximum Gasteiger partial charge on any atom is 0.0927 e. The molecule has 136 valence electrons. The molecule has 0 nitrogen and oxygen atoms in total. The Bertz CT molecular complexity index is 1160. The second kappa shape index (κ2) is 6.04. The number of fused-ring (bicyclic) bond motifs is 3. The summed E-state index contributed by atoms with van der Waals surface area (Å²) in [6.07, 6.45) is 5.93. The third-order valence-corrected chi connectivity index (χ3v) is 12.2. The molecular formula is C24H23BrSSi. The minimum atomic E-state index is -1.72. The lowest BCUT2D eigenvalue weighted by molar-refractivity contribution is 1.16. The van der Waals surface area contributed by atoms with Crippen molar-refractivity contribution < 1.29 is 0 Å². The first-order valence-electron chi connectivity index (χ1n) is 9.57. The van der Waals surface area contributed by atoms with Crippen molar-refractivity contribution in [2.45, 2.75) is 38.9 Å². The van der Waals surface area contributed by atoms with Crippen LogP contribution in [0.2, 0.25) is 13.1 Å². The first-order chi connectivity index (χ1) is 12.9. The molecule has 5 rings (SSSR count). The molecule has 0 radical (unpaired) electrons. The van der Waals surface area contributed by atoms with E-state index in [4.69, 9.17) is 0 Å². The molecule has 0 saturated carbocycles. The van der Waals surface area contributed by atoms with Crippen LogP contribution in [0.3, 0.4) is 0 Å². The SMILES string of the molecule is CC1=C([Si](C)(C)C2C=Cc3ccccc32)c2cc3sc(Br)cc3c(C)c2C1. The zero-order valence-electron chi connectivity index (χ0n) is 16.2. The third kappa shape index (κ3) is 2.51. The van der Waals surface area contributed by atoms with Crippen LogP contribution in [0, 0.1) is 6.92 Å². The van der Waals surface area contributed by atoms with Crippen molar-refractivity contribution in [1.82, 2.24) is 0 Å². The third-order valence-electron chi connectivity index (χ3n) is 6.55. The molecular weight excluding hydrogens is 428 g/mol. The van der Waals surface area contributed by atoms with Gasteiger partial charge in [-0.25, -0.2) is 0 Å². The van der Waals surface area contributed by atoms with Crippen LogP contribution in [-0.2, 0) is 6.42 Å². The maximum absolute atomic E-state index is 3.69. The standard InChI is InChI=1S/C24H23BrSSi/c1-14-11-18-15(2)19-13-23(25)26-21(19)12-20(18)24(14)27(3,4)22-10-9-16-7-5-6-8-17(16)22/h5-10,12-13,22H,11H2,1-4H3. The molecule has 3 aromatic rings. The Balaban J connectivity index is 1.69. The molecule has 2 aliphatic carbocycles. The Labute approximate surface area is 174 Å². The molecule has 1 unspecified atom stereocenters. The van der Waals surface area contributed by atoms with Gasteiger partial charge < -0.3 is 0 Å². The summed E-state index contributed by atoms with van der Waals surface area (Å²) in [5, 5.41) is 3.11. The summed E-state index contributed by atoms with van der Waals surface area (Å²) in [7, 11) is -1.72. The van der Waals surface area contributed by atoms with Gasteiger partial charge in [0.15, 0.2) is 0 Å². The Kier molecular flexibility index (Phi) is 3.95. The predicted molar refractivity (Wildman–Crippen MR) is 126 cm³/mol. The van der Waals surface area contributed by atoms with Crippen molar-refractivity contribution in [3.05, 3.63) is 79.7 Å². The number of allylic oxidation sites excluding steroid dienone is 2.